The second-order valence-corrected chi connectivity index (χ2v) is 5.46. The summed E-state index contributed by atoms with van der Waals surface area (Å²) < 4.78 is 0. The Hall–Kier alpha value is -1.61. The number of benzene rings is 1. The first kappa shape index (κ1) is 12.4. The maximum atomic E-state index is 6.03. The van der Waals surface area contributed by atoms with Crippen LogP contribution in [0.5, 0.6) is 0 Å². The fourth-order valence-electron chi connectivity index (χ4n) is 2.58. The SMILES string of the molecule is Cc1cnc(C)c(NC2CCc3cc(Cl)ccc32)n1. The second kappa shape index (κ2) is 4.82. The van der Waals surface area contributed by atoms with E-state index in [9.17, 15) is 0 Å². The summed E-state index contributed by atoms with van der Waals surface area (Å²) in [6.07, 6.45) is 3.93. The summed E-state index contributed by atoms with van der Waals surface area (Å²) in [5, 5.41) is 4.32. The number of hydrogen-bond acceptors (Lipinski definition) is 3. The lowest BCUT2D eigenvalue weighted by Crippen LogP contribution is -2.10. The van der Waals surface area contributed by atoms with Crippen molar-refractivity contribution in [2.24, 2.45) is 0 Å². The average molecular weight is 274 g/mol. The third-order valence-electron chi connectivity index (χ3n) is 3.57. The van der Waals surface area contributed by atoms with Crippen LogP contribution in [0, 0.1) is 13.8 Å². The molecule has 0 bridgehead atoms. The van der Waals surface area contributed by atoms with Crippen molar-refractivity contribution < 1.29 is 0 Å². The number of hydrogen-bond donors (Lipinski definition) is 1. The van der Waals surface area contributed by atoms with Gasteiger partial charge in [0.25, 0.3) is 0 Å². The normalized spacial score (nSPS) is 17.3. The highest BCUT2D eigenvalue weighted by Gasteiger charge is 2.23. The van der Waals surface area contributed by atoms with Crippen LogP contribution in [0.25, 0.3) is 0 Å². The van der Waals surface area contributed by atoms with Crippen LogP contribution >= 0.6 is 11.6 Å². The lowest BCUT2D eigenvalue weighted by Gasteiger charge is -2.16. The van der Waals surface area contributed by atoms with Crippen LogP contribution < -0.4 is 5.32 Å². The maximum absolute atomic E-state index is 6.03. The molecule has 2 aromatic rings. The van der Waals surface area contributed by atoms with Gasteiger partial charge in [0.15, 0.2) is 0 Å². The van der Waals surface area contributed by atoms with Crippen LogP contribution in [0.15, 0.2) is 24.4 Å². The standard InChI is InChI=1S/C15H16ClN3/c1-9-8-17-10(2)15(18-9)19-14-6-3-11-7-12(16)4-5-13(11)14/h4-5,7-8,14H,3,6H2,1-2H3,(H,18,19). The zero-order valence-electron chi connectivity index (χ0n) is 11.1. The molecule has 1 atom stereocenters. The minimum atomic E-state index is 0.307. The molecule has 0 saturated carbocycles. The summed E-state index contributed by atoms with van der Waals surface area (Å²) in [5.41, 5.74) is 4.53. The number of fused-ring (bicyclic) bond motifs is 1. The topological polar surface area (TPSA) is 37.8 Å². The summed E-state index contributed by atoms with van der Waals surface area (Å²) >= 11 is 6.03. The first-order chi connectivity index (χ1) is 9.13. The van der Waals surface area contributed by atoms with E-state index in [1.807, 2.05) is 19.9 Å². The molecule has 3 nitrogen and oxygen atoms in total. The Morgan fingerprint density at radius 3 is 3.00 bits per heavy atom. The molecule has 19 heavy (non-hydrogen) atoms. The molecule has 0 aliphatic heterocycles. The van der Waals surface area contributed by atoms with Gasteiger partial charge >= 0.3 is 0 Å². The lowest BCUT2D eigenvalue weighted by molar-refractivity contribution is 0.753. The minimum Gasteiger partial charge on any atom is -0.362 e. The highest BCUT2D eigenvalue weighted by Crippen LogP contribution is 2.35. The van der Waals surface area contributed by atoms with E-state index in [1.54, 1.807) is 6.20 Å². The molecular formula is C15H16ClN3. The predicted octanol–water partition coefficient (Wildman–Crippen LogP) is 3.85. The summed E-state index contributed by atoms with van der Waals surface area (Å²) in [7, 11) is 0. The number of aryl methyl sites for hydroxylation is 3. The number of rotatable bonds is 2. The van der Waals surface area contributed by atoms with Crippen LogP contribution in [-0.4, -0.2) is 9.97 Å². The molecule has 1 aliphatic carbocycles. The van der Waals surface area contributed by atoms with E-state index in [0.29, 0.717) is 6.04 Å². The fraction of sp³-hybridized carbons (Fsp3) is 0.333. The number of anilines is 1. The van der Waals surface area contributed by atoms with Crippen molar-refractivity contribution in [2.75, 3.05) is 5.32 Å². The lowest BCUT2D eigenvalue weighted by atomic mass is 10.1. The first-order valence-electron chi connectivity index (χ1n) is 6.48. The van der Waals surface area contributed by atoms with Crippen molar-refractivity contribution in [2.45, 2.75) is 32.7 Å². The molecule has 1 aromatic heterocycles. The largest absolute Gasteiger partial charge is 0.362 e. The van der Waals surface area contributed by atoms with Gasteiger partial charge in [0, 0.05) is 11.2 Å². The third kappa shape index (κ3) is 2.43. The highest BCUT2D eigenvalue weighted by molar-refractivity contribution is 6.30. The van der Waals surface area contributed by atoms with Gasteiger partial charge in [-0.3, -0.25) is 4.98 Å². The summed E-state index contributed by atoms with van der Waals surface area (Å²) in [6, 6.07) is 6.44. The van der Waals surface area contributed by atoms with Crippen molar-refractivity contribution in [3.8, 4) is 0 Å². The van der Waals surface area contributed by atoms with E-state index in [-0.39, 0.29) is 0 Å². The van der Waals surface area contributed by atoms with Gasteiger partial charge in [0.05, 0.1) is 17.4 Å². The summed E-state index contributed by atoms with van der Waals surface area (Å²) in [6.45, 7) is 3.94. The number of aromatic nitrogens is 2. The van der Waals surface area contributed by atoms with E-state index < -0.39 is 0 Å². The van der Waals surface area contributed by atoms with Crippen LogP contribution in [0.4, 0.5) is 5.82 Å². The molecule has 0 amide bonds. The molecule has 1 N–H and O–H groups in total. The molecule has 0 spiro atoms. The summed E-state index contributed by atoms with van der Waals surface area (Å²) in [5.74, 6) is 0.882. The Morgan fingerprint density at radius 1 is 1.32 bits per heavy atom. The third-order valence-corrected chi connectivity index (χ3v) is 3.80. The van der Waals surface area contributed by atoms with E-state index in [4.69, 9.17) is 11.6 Å². The molecule has 1 aromatic carbocycles. The van der Waals surface area contributed by atoms with Gasteiger partial charge in [-0.25, -0.2) is 4.98 Å². The number of nitrogens with one attached hydrogen (secondary N) is 1. The Balaban J connectivity index is 1.88. The van der Waals surface area contributed by atoms with Gasteiger partial charge in [-0.05, 0) is 49.9 Å². The molecule has 0 saturated heterocycles. The van der Waals surface area contributed by atoms with E-state index in [2.05, 4.69) is 27.4 Å². The van der Waals surface area contributed by atoms with Crippen LogP contribution in [-0.2, 0) is 6.42 Å². The molecule has 1 unspecified atom stereocenters. The van der Waals surface area contributed by atoms with Crippen molar-refractivity contribution in [3.05, 3.63) is 51.9 Å². The fourth-order valence-corrected chi connectivity index (χ4v) is 2.77. The van der Waals surface area contributed by atoms with Gasteiger partial charge in [0.2, 0.25) is 0 Å². The van der Waals surface area contributed by atoms with E-state index in [1.165, 1.54) is 11.1 Å². The molecule has 4 heteroatoms. The van der Waals surface area contributed by atoms with Crippen molar-refractivity contribution in [3.63, 3.8) is 0 Å². The zero-order chi connectivity index (χ0) is 13.4. The van der Waals surface area contributed by atoms with Gasteiger partial charge in [-0.1, -0.05) is 17.7 Å². The molecule has 3 rings (SSSR count). The zero-order valence-corrected chi connectivity index (χ0v) is 11.8. The van der Waals surface area contributed by atoms with Crippen LogP contribution in [0.1, 0.15) is 35.0 Å². The average Bonchev–Trinajstić information content (AvgIpc) is 2.76. The number of halogens is 1. The Labute approximate surface area is 118 Å². The van der Waals surface area contributed by atoms with Crippen molar-refractivity contribution >= 4 is 17.4 Å². The van der Waals surface area contributed by atoms with E-state index >= 15 is 0 Å². The monoisotopic (exact) mass is 273 g/mol. The smallest absolute Gasteiger partial charge is 0.148 e. The van der Waals surface area contributed by atoms with Crippen LogP contribution in [0.2, 0.25) is 5.02 Å². The number of nitrogens with zero attached hydrogens (tertiary/aromatic N) is 2. The quantitative estimate of drug-likeness (QED) is 0.903. The summed E-state index contributed by atoms with van der Waals surface area (Å²) in [4.78, 5) is 8.87. The van der Waals surface area contributed by atoms with Crippen molar-refractivity contribution in [1.82, 2.24) is 9.97 Å². The predicted molar refractivity (Wildman–Crippen MR) is 77.6 cm³/mol. The van der Waals surface area contributed by atoms with Crippen LogP contribution in [0.3, 0.4) is 0 Å². The first-order valence-corrected chi connectivity index (χ1v) is 6.86. The molecule has 0 radical (unpaired) electrons. The Kier molecular flexibility index (Phi) is 3.15. The maximum Gasteiger partial charge on any atom is 0.148 e. The Bertz CT molecular complexity index is 625. The molecule has 0 fully saturated rings. The molecule has 1 aliphatic rings. The minimum absolute atomic E-state index is 0.307. The van der Waals surface area contributed by atoms with Gasteiger partial charge in [-0.2, -0.15) is 0 Å². The van der Waals surface area contributed by atoms with E-state index in [0.717, 1.165) is 35.1 Å². The molecule has 98 valence electrons. The van der Waals surface area contributed by atoms with Gasteiger partial charge in [-0.15, -0.1) is 0 Å². The Morgan fingerprint density at radius 2 is 2.16 bits per heavy atom. The van der Waals surface area contributed by atoms with Gasteiger partial charge < -0.3 is 5.32 Å². The molecule has 1 heterocycles. The van der Waals surface area contributed by atoms with Gasteiger partial charge in [0.1, 0.15) is 5.82 Å². The highest BCUT2D eigenvalue weighted by atomic mass is 35.5. The van der Waals surface area contributed by atoms with Crippen molar-refractivity contribution in [1.29, 1.82) is 0 Å². The molecular weight excluding hydrogens is 258 g/mol. The second-order valence-electron chi connectivity index (χ2n) is 5.02.